The monoisotopic (exact) mass is 317 g/mol. The van der Waals surface area contributed by atoms with E-state index in [1.54, 1.807) is 18.2 Å². The van der Waals surface area contributed by atoms with Crippen molar-refractivity contribution in [2.75, 3.05) is 13.2 Å². The van der Waals surface area contributed by atoms with Gasteiger partial charge in [0.15, 0.2) is 0 Å². The number of benzene rings is 1. The molecule has 3 N–H and O–H groups in total. The molecule has 0 saturated heterocycles. The summed E-state index contributed by atoms with van der Waals surface area (Å²) < 4.78 is 0. The second-order valence-electron chi connectivity index (χ2n) is 5.56. The normalized spacial score (nSPS) is 19.8. The first-order valence-corrected chi connectivity index (χ1v) is 7.81. The Balaban J connectivity index is 2.00. The summed E-state index contributed by atoms with van der Waals surface area (Å²) in [6.45, 7) is 0.462. The predicted molar refractivity (Wildman–Crippen MR) is 82.3 cm³/mol. The van der Waals surface area contributed by atoms with E-state index in [-0.39, 0.29) is 12.1 Å². The van der Waals surface area contributed by atoms with E-state index in [9.17, 15) is 10.2 Å². The molecule has 1 atom stereocenters. The second-order valence-corrected chi connectivity index (χ2v) is 6.41. The van der Waals surface area contributed by atoms with Crippen LogP contribution in [0.2, 0.25) is 10.0 Å². The Morgan fingerprint density at radius 3 is 2.55 bits per heavy atom. The summed E-state index contributed by atoms with van der Waals surface area (Å²) in [4.78, 5) is 0. The van der Waals surface area contributed by atoms with Gasteiger partial charge in [0.25, 0.3) is 0 Å². The van der Waals surface area contributed by atoms with Crippen LogP contribution in [0, 0.1) is 0 Å². The number of rotatable bonds is 5. The van der Waals surface area contributed by atoms with Crippen LogP contribution in [0.3, 0.4) is 0 Å². The van der Waals surface area contributed by atoms with Gasteiger partial charge in [-0.2, -0.15) is 0 Å². The van der Waals surface area contributed by atoms with E-state index in [0.29, 0.717) is 22.2 Å². The van der Waals surface area contributed by atoms with E-state index in [1.165, 1.54) is 6.42 Å². The minimum Gasteiger partial charge on any atom is -0.394 e. The highest BCUT2D eigenvalue weighted by atomic mass is 35.5. The van der Waals surface area contributed by atoms with E-state index in [0.717, 1.165) is 25.7 Å². The van der Waals surface area contributed by atoms with Crippen molar-refractivity contribution < 1.29 is 10.2 Å². The minimum atomic E-state index is -0.730. The van der Waals surface area contributed by atoms with Crippen molar-refractivity contribution in [2.24, 2.45) is 0 Å². The van der Waals surface area contributed by atoms with Crippen LogP contribution in [0.25, 0.3) is 0 Å². The Bertz CT molecular complexity index is 447. The van der Waals surface area contributed by atoms with Gasteiger partial charge in [0.1, 0.15) is 0 Å². The van der Waals surface area contributed by atoms with Gasteiger partial charge in [0.2, 0.25) is 0 Å². The van der Waals surface area contributed by atoms with Gasteiger partial charge in [-0.3, -0.25) is 0 Å². The summed E-state index contributed by atoms with van der Waals surface area (Å²) in [5.74, 6) is 0. The maximum atomic E-state index is 10.3. The third-order valence-corrected chi connectivity index (χ3v) is 4.68. The zero-order valence-corrected chi connectivity index (χ0v) is 12.9. The largest absolute Gasteiger partial charge is 0.394 e. The highest BCUT2D eigenvalue weighted by Crippen LogP contribution is 2.30. The summed E-state index contributed by atoms with van der Waals surface area (Å²) in [7, 11) is 0. The second kappa shape index (κ2) is 7.10. The van der Waals surface area contributed by atoms with Crippen LogP contribution in [-0.2, 0) is 0 Å². The summed E-state index contributed by atoms with van der Waals surface area (Å²) >= 11 is 12.0. The third kappa shape index (κ3) is 3.86. The first-order chi connectivity index (χ1) is 9.56. The molecular formula is C15H21Cl2NO2. The highest BCUT2D eigenvalue weighted by Gasteiger charge is 2.31. The number of aliphatic hydroxyl groups excluding tert-OH is 2. The zero-order chi connectivity index (χ0) is 14.6. The Hall–Kier alpha value is -0.320. The molecule has 0 aromatic heterocycles. The molecule has 1 aromatic carbocycles. The number of nitrogens with one attached hydrogen (secondary N) is 1. The molecule has 2 rings (SSSR count). The molecule has 1 aromatic rings. The fourth-order valence-electron chi connectivity index (χ4n) is 2.81. The summed E-state index contributed by atoms with van der Waals surface area (Å²) in [6.07, 6.45) is 4.60. The quantitative estimate of drug-likeness (QED) is 0.781. The van der Waals surface area contributed by atoms with Gasteiger partial charge in [0, 0.05) is 27.7 Å². The topological polar surface area (TPSA) is 52.5 Å². The molecule has 20 heavy (non-hydrogen) atoms. The predicted octanol–water partition coefficient (Wildman–Crippen LogP) is 3.31. The molecule has 0 bridgehead atoms. The number of hydrogen-bond donors (Lipinski definition) is 3. The SMILES string of the molecule is OCC1(NCC(O)c2cc(Cl)ccc2Cl)CCCCC1. The van der Waals surface area contributed by atoms with Crippen molar-refractivity contribution in [3.05, 3.63) is 33.8 Å². The molecule has 0 aliphatic heterocycles. The Labute approximate surface area is 129 Å². The summed E-state index contributed by atoms with van der Waals surface area (Å²) in [6, 6.07) is 5.07. The van der Waals surface area contributed by atoms with E-state index in [1.807, 2.05) is 0 Å². The van der Waals surface area contributed by atoms with Crippen molar-refractivity contribution >= 4 is 23.2 Å². The van der Waals surface area contributed by atoms with Gasteiger partial charge in [-0.1, -0.05) is 42.5 Å². The molecule has 1 aliphatic rings. The van der Waals surface area contributed by atoms with Gasteiger partial charge in [-0.05, 0) is 31.0 Å². The van der Waals surface area contributed by atoms with E-state index in [4.69, 9.17) is 23.2 Å². The number of hydrogen-bond acceptors (Lipinski definition) is 3. The number of β-amino-alcohol motifs (C(OH)–C–C–N with tert-alkyl or cyclic N) is 1. The van der Waals surface area contributed by atoms with Crippen molar-refractivity contribution in [1.29, 1.82) is 0 Å². The lowest BCUT2D eigenvalue weighted by Gasteiger charge is -2.37. The van der Waals surface area contributed by atoms with Crippen LogP contribution < -0.4 is 5.32 Å². The number of halogens is 2. The Morgan fingerprint density at radius 1 is 1.20 bits per heavy atom. The van der Waals surface area contributed by atoms with E-state index < -0.39 is 6.10 Å². The van der Waals surface area contributed by atoms with Crippen molar-refractivity contribution in [1.82, 2.24) is 5.32 Å². The third-order valence-electron chi connectivity index (χ3n) is 4.10. The maximum Gasteiger partial charge on any atom is 0.0929 e. The van der Waals surface area contributed by atoms with Crippen LogP contribution in [0.1, 0.15) is 43.8 Å². The van der Waals surface area contributed by atoms with Crippen LogP contribution in [0.5, 0.6) is 0 Å². The molecule has 0 heterocycles. The molecule has 1 aliphatic carbocycles. The van der Waals surface area contributed by atoms with Crippen LogP contribution >= 0.6 is 23.2 Å². The van der Waals surface area contributed by atoms with Crippen molar-refractivity contribution in [2.45, 2.75) is 43.7 Å². The number of aliphatic hydroxyl groups is 2. The average molecular weight is 318 g/mol. The van der Waals surface area contributed by atoms with Crippen LogP contribution in [0.15, 0.2) is 18.2 Å². The highest BCUT2D eigenvalue weighted by molar-refractivity contribution is 6.33. The van der Waals surface area contributed by atoms with Crippen molar-refractivity contribution in [3.63, 3.8) is 0 Å². The fraction of sp³-hybridized carbons (Fsp3) is 0.600. The molecule has 1 unspecified atom stereocenters. The molecule has 0 spiro atoms. The molecule has 112 valence electrons. The lowest BCUT2D eigenvalue weighted by Crippen LogP contribution is -2.51. The van der Waals surface area contributed by atoms with Crippen LogP contribution in [0.4, 0.5) is 0 Å². The molecule has 0 amide bonds. The van der Waals surface area contributed by atoms with Gasteiger partial charge >= 0.3 is 0 Å². The lowest BCUT2D eigenvalue weighted by atomic mass is 9.82. The van der Waals surface area contributed by atoms with Gasteiger partial charge in [0.05, 0.1) is 12.7 Å². The molecule has 1 fully saturated rings. The van der Waals surface area contributed by atoms with Crippen LogP contribution in [-0.4, -0.2) is 28.9 Å². The Morgan fingerprint density at radius 2 is 1.90 bits per heavy atom. The smallest absolute Gasteiger partial charge is 0.0929 e. The van der Waals surface area contributed by atoms with E-state index in [2.05, 4.69) is 5.32 Å². The first kappa shape index (κ1) is 16.1. The average Bonchev–Trinajstić information content (AvgIpc) is 2.48. The molecule has 1 saturated carbocycles. The molecular weight excluding hydrogens is 297 g/mol. The lowest BCUT2D eigenvalue weighted by molar-refractivity contribution is 0.0944. The van der Waals surface area contributed by atoms with Gasteiger partial charge < -0.3 is 15.5 Å². The summed E-state index contributed by atoms with van der Waals surface area (Å²) in [5.41, 5.74) is 0.361. The summed E-state index contributed by atoms with van der Waals surface area (Å²) in [5, 5.41) is 24.3. The minimum absolute atomic E-state index is 0.100. The Kier molecular flexibility index (Phi) is 5.70. The molecule has 0 radical (unpaired) electrons. The molecule has 3 nitrogen and oxygen atoms in total. The zero-order valence-electron chi connectivity index (χ0n) is 11.4. The van der Waals surface area contributed by atoms with Gasteiger partial charge in [-0.15, -0.1) is 0 Å². The molecule has 5 heteroatoms. The van der Waals surface area contributed by atoms with Crippen molar-refractivity contribution in [3.8, 4) is 0 Å². The maximum absolute atomic E-state index is 10.3. The van der Waals surface area contributed by atoms with E-state index >= 15 is 0 Å². The first-order valence-electron chi connectivity index (χ1n) is 7.05. The fourth-order valence-corrected chi connectivity index (χ4v) is 3.24. The standard InChI is InChI=1S/C15H21Cl2NO2/c16-11-4-5-13(17)12(8-11)14(20)9-18-15(10-19)6-2-1-3-7-15/h4-5,8,14,18-20H,1-3,6-7,9-10H2. The van der Waals surface area contributed by atoms with Gasteiger partial charge in [-0.25, -0.2) is 0 Å².